The number of aliphatic hydroxyl groups is 1. The Balaban J connectivity index is 1.02. The predicted molar refractivity (Wildman–Crippen MR) is 265 cm³/mol. The fraction of sp³-hybridized carbons (Fsp3) is 0.560. The predicted octanol–water partition coefficient (Wildman–Crippen LogP) is 3.53. The molecule has 3 aliphatic rings. The summed E-state index contributed by atoms with van der Waals surface area (Å²) in [5.41, 5.74) is 16.3. The van der Waals surface area contributed by atoms with Gasteiger partial charge in [-0.3, -0.25) is 33.6 Å². The fourth-order valence-corrected chi connectivity index (χ4v) is 10.6. The molecule has 0 spiro atoms. The third-order valence-electron chi connectivity index (χ3n) is 13.5. The topological polar surface area (TPSA) is 260 Å². The van der Waals surface area contributed by atoms with Crippen LogP contribution in [-0.2, 0) is 40.0 Å². The molecule has 8 atom stereocenters. The van der Waals surface area contributed by atoms with Crippen LogP contribution in [-0.4, -0.2) is 135 Å². The number of carbonyl (C=O) groups excluding carboxylic acids is 7. The SMILES string of the molecule is CC(=O)N1CC[C@H]2CC[C@@H](C(=O)N[C@@H](CCC(N)=O)COc3cccc(CCCC(=O)N[C@H](C(=O)N4C[C@H](O)C[C@H]4C(=O)N[C@@H](C)c4ccc(-c5scnc5C)cc4)C(C)(C)C)c3Cl)N2C(=O)[C@@H](N)C1. The second kappa shape index (κ2) is 23.5. The third-order valence-corrected chi connectivity index (χ3v) is 14.9. The number of thiazole rings is 1. The van der Waals surface area contributed by atoms with Crippen molar-refractivity contribution in [1.82, 2.24) is 35.6 Å². The molecule has 380 valence electrons. The van der Waals surface area contributed by atoms with Crippen LogP contribution in [0.5, 0.6) is 5.75 Å². The lowest BCUT2D eigenvalue weighted by Crippen LogP contribution is -2.59. The van der Waals surface area contributed by atoms with Gasteiger partial charge in [0.05, 0.1) is 39.3 Å². The van der Waals surface area contributed by atoms with E-state index in [1.807, 2.05) is 65.0 Å². The zero-order valence-corrected chi connectivity index (χ0v) is 42.4. The monoisotopic (exact) mass is 1010 g/mol. The molecule has 3 saturated heterocycles. The summed E-state index contributed by atoms with van der Waals surface area (Å²) in [4.78, 5) is 103. The number of halogens is 1. The number of aryl methyl sites for hydroxylation is 2. The van der Waals surface area contributed by atoms with Gasteiger partial charge >= 0.3 is 0 Å². The Hall–Kier alpha value is -5.63. The van der Waals surface area contributed by atoms with Gasteiger partial charge in [-0.15, -0.1) is 11.3 Å². The molecule has 3 aromatic rings. The molecular weight excluding hydrogens is 938 g/mol. The van der Waals surface area contributed by atoms with E-state index in [9.17, 15) is 38.7 Å². The van der Waals surface area contributed by atoms with Crippen molar-refractivity contribution in [3.05, 3.63) is 69.8 Å². The Bertz CT molecular complexity index is 2390. The van der Waals surface area contributed by atoms with Crippen LogP contribution in [0.3, 0.4) is 0 Å². The third kappa shape index (κ3) is 13.4. The minimum atomic E-state index is -0.996. The van der Waals surface area contributed by atoms with Crippen molar-refractivity contribution in [2.75, 3.05) is 26.2 Å². The minimum absolute atomic E-state index is 0.0342. The molecule has 3 aliphatic heterocycles. The van der Waals surface area contributed by atoms with Crippen LogP contribution in [0.25, 0.3) is 10.4 Å². The lowest BCUT2D eigenvalue weighted by Gasteiger charge is -2.37. The molecule has 4 heterocycles. The summed E-state index contributed by atoms with van der Waals surface area (Å²) in [5.74, 6) is -2.44. The first-order valence-corrected chi connectivity index (χ1v) is 25.3. The molecule has 20 heteroatoms. The maximum Gasteiger partial charge on any atom is 0.246 e. The summed E-state index contributed by atoms with van der Waals surface area (Å²) >= 11 is 8.40. The number of primary amides is 1. The highest BCUT2D eigenvalue weighted by molar-refractivity contribution is 7.13. The van der Waals surface area contributed by atoms with Crippen molar-refractivity contribution < 1.29 is 43.4 Å². The van der Waals surface area contributed by atoms with Crippen molar-refractivity contribution in [2.45, 2.75) is 148 Å². The van der Waals surface area contributed by atoms with Gasteiger partial charge in [0.25, 0.3) is 0 Å². The number of aromatic nitrogens is 1. The summed E-state index contributed by atoms with van der Waals surface area (Å²) in [7, 11) is 0. The van der Waals surface area contributed by atoms with Gasteiger partial charge in [-0.25, -0.2) is 4.98 Å². The molecule has 0 unspecified atom stereocenters. The number of carbonyl (C=O) groups is 7. The molecular formula is C50H68ClN9O9S. The first kappa shape index (κ1) is 53.7. The zero-order chi connectivity index (χ0) is 51.0. The Morgan fingerprint density at radius 2 is 1.69 bits per heavy atom. The van der Waals surface area contributed by atoms with Crippen LogP contribution >= 0.6 is 22.9 Å². The number of rotatable bonds is 18. The number of nitrogens with zero attached hydrogens (tertiary/aromatic N) is 4. The van der Waals surface area contributed by atoms with E-state index in [1.165, 1.54) is 11.8 Å². The average molecular weight is 1010 g/mol. The lowest BCUT2D eigenvalue weighted by atomic mass is 9.85. The van der Waals surface area contributed by atoms with Crippen LogP contribution in [0.2, 0.25) is 5.02 Å². The summed E-state index contributed by atoms with van der Waals surface area (Å²) in [6.07, 6.45) is 1.57. The molecule has 0 bridgehead atoms. The highest BCUT2D eigenvalue weighted by Crippen LogP contribution is 2.33. The lowest BCUT2D eigenvalue weighted by molar-refractivity contribution is -0.144. The number of amides is 7. The van der Waals surface area contributed by atoms with Crippen molar-refractivity contribution in [1.29, 1.82) is 0 Å². The van der Waals surface area contributed by atoms with Crippen LogP contribution in [0.1, 0.15) is 109 Å². The fourth-order valence-electron chi connectivity index (χ4n) is 9.50. The van der Waals surface area contributed by atoms with Crippen LogP contribution in [0.15, 0.2) is 48.0 Å². The van der Waals surface area contributed by atoms with Gasteiger partial charge in [0.1, 0.15) is 36.5 Å². The van der Waals surface area contributed by atoms with Gasteiger partial charge in [0, 0.05) is 51.9 Å². The van der Waals surface area contributed by atoms with E-state index in [4.69, 9.17) is 27.8 Å². The molecule has 70 heavy (non-hydrogen) atoms. The number of nitrogens with one attached hydrogen (secondary N) is 3. The van der Waals surface area contributed by atoms with E-state index in [-0.39, 0.29) is 69.3 Å². The Labute approximate surface area is 418 Å². The van der Waals surface area contributed by atoms with Crippen molar-refractivity contribution in [3.63, 3.8) is 0 Å². The van der Waals surface area contributed by atoms with Gasteiger partial charge in [0.15, 0.2) is 0 Å². The number of likely N-dealkylation sites (tertiary alicyclic amines) is 1. The van der Waals surface area contributed by atoms with Gasteiger partial charge in [-0.1, -0.05) is 68.8 Å². The maximum atomic E-state index is 14.2. The average Bonchev–Trinajstić information content (AvgIpc) is 4.05. The number of hydrogen-bond acceptors (Lipinski definition) is 12. The summed E-state index contributed by atoms with van der Waals surface area (Å²) in [6.45, 7) is 11.1. The normalized spacial score (nSPS) is 21.8. The molecule has 0 saturated carbocycles. The highest BCUT2D eigenvalue weighted by atomic mass is 35.5. The molecule has 0 radical (unpaired) electrons. The molecule has 3 fully saturated rings. The molecule has 0 aliphatic carbocycles. The number of aliphatic hydroxyl groups excluding tert-OH is 1. The van der Waals surface area contributed by atoms with E-state index >= 15 is 0 Å². The summed E-state index contributed by atoms with van der Waals surface area (Å²) in [6, 6.07) is 8.10. The Morgan fingerprint density at radius 1 is 0.971 bits per heavy atom. The van der Waals surface area contributed by atoms with Crippen molar-refractivity contribution >= 4 is 64.3 Å². The Morgan fingerprint density at radius 3 is 2.34 bits per heavy atom. The number of benzene rings is 2. The van der Waals surface area contributed by atoms with Gasteiger partial charge in [-0.2, -0.15) is 0 Å². The van der Waals surface area contributed by atoms with E-state index in [0.717, 1.165) is 21.7 Å². The van der Waals surface area contributed by atoms with Crippen molar-refractivity contribution in [3.8, 4) is 16.2 Å². The highest BCUT2D eigenvalue weighted by Gasteiger charge is 2.46. The number of β-amino-alcohol motifs (C(OH)–C–C–N with tert-alkyl or cyclic N) is 1. The van der Waals surface area contributed by atoms with Crippen LogP contribution in [0, 0.1) is 12.3 Å². The quantitative estimate of drug-likeness (QED) is 0.107. The van der Waals surface area contributed by atoms with Gasteiger partial charge in [-0.05, 0) is 80.5 Å². The molecule has 1 aromatic heterocycles. The Kier molecular flexibility index (Phi) is 18.1. The largest absolute Gasteiger partial charge is 0.490 e. The molecule has 18 nitrogen and oxygen atoms in total. The number of fused-ring (bicyclic) bond motifs is 1. The number of nitrogens with two attached hydrogens (primary N) is 2. The van der Waals surface area contributed by atoms with Gasteiger partial charge in [0.2, 0.25) is 41.4 Å². The first-order chi connectivity index (χ1) is 33.1. The molecule has 7 amide bonds. The van der Waals surface area contributed by atoms with Crippen molar-refractivity contribution in [2.24, 2.45) is 16.9 Å². The van der Waals surface area contributed by atoms with E-state index < -0.39 is 71.3 Å². The first-order valence-electron chi connectivity index (χ1n) is 24.0. The second-order valence-corrected chi connectivity index (χ2v) is 21.1. The standard InChI is InChI=1S/C50H68ClN9O9S/c1-28(31-13-15-33(16-14-31)44-29(2)54-27-70-44)55-47(66)39-23-36(62)24-59(39)49(68)45(50(4,5)6)57-42(64)12-8-10-32-9-7-11-40(43(32)51)69-26-34(17-20-41(53)63)56-46(65)38-19-18-35-21-22-58(30(3)61)25-37(52)48(67)60(35)38/h7,9,11,13-16,27-28,34-39,45,62H,8,10,12,17-26,52H2,1-6H3,(H2,53,63)(H,55,66)(H,56,65)(H,57,64)/t28-,34-,35+,36+,37-,38-,39-,45+/m0/s1. The van der Waals surface area contributed by atoms with E-state index in [1.54, 1.807) is 38.8 Å². The molecule has 6 rings (SSSR count). The van der Waals surface area contributed by atoms with Crippen LogP contribution < -0.4 is 32.2 Å². The van der Waals surface area contributed by atoms with Gasteiger partial charge < -0.3 is 52.0 Å². The van der Waals surface area contributed by atoms with Crippen LogP contribution in [0.4, 0.5) is 0 Å². The van der Waals surface area contributed by atoms with E-state index in [0.29, 0.717) is 55.0 Å². The summed E-state index contributed by atoms with van der Waals surface area (Å²) in [5, 5.41) is 19.9. The number of ether oxygens (including phenoxy) is 1. The smallest absolute Gasteiger partial charge is 0.246 e. The van der Waals surface area contributed by atoms with E-state index in [2.05, 4.69) is 20.9 Å². The molecule has 2 aromatic carbocycles. The molecule has 8 N–H and O–H groups in total. The second-order valence-electron chi connectivity index (χ2n) is 19.8. The zero-order valence-electron chi connectivity index (χ0n) is 40.9. The maximum absolute atomic E-state index is 14.2. The summed E-state index contributed by atoms with van der Waals surface area (Å²) < 4.78 is 6.13. The minimum Gasteiger partial charge on any atom is -0.490 e. The number of hydrogen-bond donors (Lipinski definition) is 6.